The molecule has 0 radical (unpaired) electrons. The smallest absolute Gasteiger partial charge is 0.322 e. The molecule has 0 unspecified atom stereocenters. The third-order valence-corrected chi connectivity index (χ3v) is 1.44. The number of nitrogens with one attached hydrogen (secondary N) is 3. The normalized spacial score (nSPS) is 21.0. The fraction of sp³-hybridized carbons (Fsp3) is 0.333. The van der Waals surface area contributed by atoms with Gasteiger partial charge in [-0.05, 0) is 0 Å². The Bertz CT molecular complexity index is 289. The summed E-state index contributed by atoms with van der Waals surface area (Å²) >= 11 is 0. The molecule has 1 aliphatic rings. The van der Waals surface area contributed by atoms with Gasteiger partial charge in [0.2, 0.25) is 5.91 Å². The zero-order valence-corrected chi connectivity index (χ0v) is 6.46. The van der Waals surface area contributed by atoms with Crippen molar-refractivity contribution in [3.05, 3.63) is 0 Å². The zero-order valence-electron chi connectivity index (χ0n) is 6.46. The van der Waals surface area contributed by atoms with Crippen LogP contribution in [0.15, 0.2) is 0 Å². The summed E-state index contributed by atoms with van der Waals surface area (Å²) in [5.74, 6) is -1.23. The van der Waals surface area contributed by atoms with Gasteiger partial charge in [-0.25, -0.2) is 4.79 Å². The highest BCUT2D eigenvalue weighted by Gasteiger charge is 2.28. The standard InChI is InChI=1S/C6H6N4O3/c7-2-8-5(12)3-1-4(11)10-6(13)9-3/h3H,1H2,(H,8,12)(H2,9,10,11,13)/t3-/m0/s1. The van der Waals surface area contributed by atoms with Gasteiger partial charge < -0.3 is 5.32 Å². The van der Waals surface area contributed by atoms with Crippen LogP contribution in [-0.4, -0.2) is 23.9 Å². The van der Waals surface area contributed by atoms with E-state index in [1.807, 2.05) is 10.6 Å². The first-order valence-electron chi connectivity index (χ1n) is 3.43. The third kappa shape index (κ3) is 2.16. The van der Waals surface area contributed by atoms with Crippen LogP contribution in [0.1, 0.15) is 6.42 Å². The maximum absolute atomic E-state index is 11.0. The quantitative estimate of drug-likeness (QED) is 0.327. The first kappa shape index (κ1) is 8.99. The lowest BCUT2D eigenvalue weighted by Crippen LogP contribution is -2.57. The number of hydrogen-bond acceptors (Lipinski definition) is 4. The number of imide groups is 1. The summed E-state index contributed by atoms with van der Waals surface area (Å²) in [4.78, 5) is 32.4. The largest absolute Gasteiger partial charge is 0.325 e. The highest BCUT2D eigenvalue weighted by Crippen LogP contribution is 1.97. The van der Waals surface area contributed by atoms with Crippen LogP contribution < -0.4 is 16.0 Å². The van der Waals surface area contributed by atoms with Gasteiger partial charge >= 0.3 is 6.03 Å². The van der Waals surface area contributed by atoms with Gasteiger partial charge in [0.15, 0.2) is 6.19 Å². The molecule has 0 aromatic rings. The van der Waals surface area contributed by atoms with E-state index >= 15 is 0 Å². The Morgan fingerprint density at radius 1 is 1.62 bits per heavy atom. The molecule has 0 aromatic carbocycles. The van der Waals surface area contributed by atoms with E-state index < -0.39 is 23.9 Å². The molecule has 1 fully saturated rings. The molecule has 0 aliphatic carbocycles. The minimum atomic E-state index is -0.958. The number of nitrogens with zero attached hydrogens (tertiary/aromatic N) is 1. The van der Waals surface area contributed by atoms with Gasteiger partial charge in [0.05, 0.1) is 6.42 Å². The summed E-state index contributed by atoms with van der Waals surface area (Å²) in [6, 6.07) is -1.68. The van der Waals surface area contributed by atoms with Crippen LogP contribution in [0.3, 0.4) is 0 Å². The number of nitriles is 1. The van der Waals surface area contributed by atoms with Gasteiger partial charge in [-0.3, -0.25) is 20.2 Å². The number of amides is 4. The Kier molecular flexibility index (Phi) is 2.44. The second kappa shape index (κ2) is 3.53. The number of carbonyl (C=O) groups is 3. The second-order valence-corrected chi connectivity index (χ2v) is 2.38. The fourth-order valence-corrected chi connectivity index (χ4v) is 0.909. The Morgan fingerprint density at radius 2 is 2.31 bits per heavy atom. The van der Waals surface area contributed by atoms with Gasteiger partial charge in [0.25, 0.3) is 5.91 Å². The number of rotatable bonds is 1. The monoisotopic (exact) mass is 182 g/mol. The lowest BCUT2D eigenvalue weighted by molar-refractivity contribution is -0.128. The van der Waals surface area contributed by atoms with Gasteiger partial charge in [-0.15, -0.1) is 0 Å². The van der Waals surface area contributed by atoms with E-state index in [-0.39, 0.29) is 6.42 Å². The van der Waals surface area contributed by atoms with Crippen molar-refractivity contribution in [3.63, 3.8) is 0 Å². The second-order valence-electron chi connectivity index (χ2n) is 2.38. The molecular weight excluding hydrogens is 176 g/mol. The molecule has 1 atom stereocenters. The Balaban J connectivity index is 2.61. The summed E-state index contributed by atoms with van der Waals surface area (Å²) in [5, 5.41) is 14.1. The molecule has 7 heteroatoms. The molecular formula is C6H6N4O3. The highest BCUT2D eigenvalue weighted by atomic mass is 16.2. The number of carbonyl (C=O) groups excluding carboxylic acids is 3. The van der Waals surface area contributed by atoms with Crippen LogP contribution in [-0.2, 0) is 9.59 Å². The molecule has 68 valence electrons. The van der Waals surface area contributed by atoms with E-state index in [1.54, 1.807) is 0 Å². The molecule has 1 rings (SSSR count). The van der Waals surface area contributed by atoms with E-state index in [4.69, 9.17) is 5.26 Å². The molecule has 0 aromatic heterocycles. The van der Waals surface area contributed by atoms with E-state index in [1.165, 1.54) is 6.19 Å². The molecule has 0 saturated carbocycles. The summed E-state index contributed by atoms with van der Waals surface area (Å²) in [6.07, 6.45) is 1.26. The summed E-state index contributed by atoms with van der Waals surface area (Å²) in [6.45, 7) is 0. The highest BCUT2D eigenvalue weighted by molar-refractivity contribution is 6.02. The molecule has 1 aliphatic heterocycles. The molecule has 7 nitrogen and oxygen atoms in total. The predicted molar refractivity (Wildman–Crippen MR) is 38.8 cm³/mol. The Morgan fingerprint density at radius 3 is 2.85 bits per heavy atom. The van der Waals surface area contributed by atoms with Crippen molar-refractivity contribution >= 4 is 17.8 Å². The van der Waals surface area contributed by atoms with Crippen molar-refractivity contribution in [1.82, 2.24) is 16.0 Å². The predicted octanol–water partition coefficient (Wildman–Crippen LogP) is -1.82. The van der Waals surface area contributed by atoms with Crippen LogP contribution in [0.2, 0.25) is 0 Å². The topological polar surface area (TPSA) is 111 Å². The molecule has 4 amide bonds. The molecule has 1 saturated heterocycles. The third-order valence-electron chi connectivity index (χ3n) is 1.44. The van der Waals surface area contributed by atoms with E-state index in [2.05, 4.69) is 5.32 Å². The van der Waals surface area contributed by atoms with Crippen molar-refractivity contribution in [2.75, 3.05) is 0 Å². The maximum Gasteiger partial charge on any atom is 0.322 e. The Labute approximate surface area is 73.1 Å². The molecule has 1 heterocycles. The van der Waals surface area contributed by atoms with E-state index in [0.29, 0.717) is 0 Å². The van der Waals surface area contributed by atoms with Gasteiger partial charge in [-0.2, -0.15) is 5.26 Å². The van der Waals surface area contributed by atoms with Crippen molar-refractivity contribution in [3.8, 4) is 6.19 Å². The van der Waals surface area contributed by atoms with Gasteiger partial charge in [-0.1, -0.05) is 0 Å². The van der Waals surface area contributed by atoms with Crippen LogP contribution in [0, 0.1) is 11.5 Å². The van der Waals surface area contributed by atoms with Crippen LogP contribution >= 0.6 is 0 Å². The average Bonchev–Trinajstić information content (AvgIpc) is 2.03. The van der Waals surface area contributed by atoms with Gasteiger partial charge in [0, 0.05) is 0 Å². The van der Waals surface area contributed by atoms with Crippen molar-refractivity contribution in [2.45, 2.75) is 12.5 Å². The lowest BCUT2D eigenvalue weighted by Gasteiger charge is -2.20. The molecule has 13 heavy (non-hydrogen) atoms. The number of hydrogen-bond donors (Lipinski definition) is 3. The fourth-order valence-electron chi connectivity index (χ4n) is 0.909. The SMILES string of the molecule is N#CNC(=O)[C@@H]1CC(=O)NC(=O)N1. The maximum atomic E-state index is 11.0. The first-order chi connectivity index (χ1) is 6.13. The van der Waals surface area contributed by atoms with Crippen molar-refractivity contribution in [2.24, 2.45) is 0 Å². The molecule has 0 bridgehead atoms. The van der Waals surface area contributed by atoms with Gasteiger partial charge in [0.1, 0.15) is 6.04 Å². The lowest BCUT2D eigenvalue weighted by atomic mass is 10.1. The average molecular weight is 182 g/mol. The van der Waals surface area contributed by atoms with E-state index in [0.717, 1.165) is 0 Å². The summed E-state index contributed by atoms with van der Waals surface area (Å²) in [7, 11) is 0. The number of urea groups is 1. The van der Waals surface area contributed by atoms with E-state index in [9.17, 15) is 14.4 Å². The van der Waals surface area contributed by atoms with Crippen LogP contribution in [0.4, 0.5) is 4.79 Å². The zero-order chi connectivity index (χ0) is 9.84. The first-order valence-corrected chi connectivity index (χ1v) is 3.43. The minimum absolute atomic E-state index is 0.154. The summed E-state index contributed by atoms with van der Waals surface area (Å²) in [5.41, 5.74) is 0. The minimum Gasteiger partial charge on any atom is -0.325 e. The molecule has 0 spiro atoms. The van der Waals surface area contributed by atoms with Crippen molar-refractivity contribution in [1.29, 1.82) is 5.26 Å². The van der Waals surface area contributed by atoms with Crippen LogP contribution in [0.25, 0.3) is 0 Å². The van der Waals surface area contributed by atoms with Crippen LogP contribution in [0.5, 0.6) is 0 Å². The Hall–Kier alpha value is -2.10. The van der Waals surface area contributed by atoms with Crippen molar-refractivity contribution < 1.29 is 14.4 Å². The molecule has 3 N–H and O–H groups in total. The summed E-state index contributed by atoms with van der Waals surface area (Å²) < 4.78 is 0.